The number of hydrogen-bond acceptors (Lipinski definition) is 4. The molecule has 1 N–H and O–H groups in total. The number of Topliss-reactive ketones (excluding diaryl/α,β-unsaturated/α-hetero) is 1. The Morgan fingerprint density at radius 3 is 2.37 bits per heavy atom. The fourth-order valence-corrected chi connectivity index (χ4v) is 1.78. The molecule has 1 rings (SSSR count). The van der Waals surface area contributed by atoms with E-state index in [1.807, 2.05) is 30.3 Å². The van der Waals surface area contributed by atoms with Gasteiger partial charge in [0.05, 0.1) is 7.11 Å². The van der Waals surface area contributed by atoms with Crippen LogP contribution in [0.3, 0.4) is 0 Å². The predicted molar refractivity (Wildman–Crippen MR) is 69.4 cm³/mol. The Bertz CT molecular complexity index is 456. The quantitative estimate of drug-likeness (QED) is 0.610. The molecule has 0 saturated heterocycles. The summed E-state index contributed by atoms with van der Waals surface area (Å²) < 4.78 is 4.37. The second-order valence-electron chi connectivity index (χ2n) is 4.21. The van der Waals surface area contributed by atoms with E-state index in [2.05, 4.69) is 10.1 Å². The highest BCUT2D eigenvalue weighted by Gasteiger charge is 2.21. The summed E-state index contributed by atoms with van der Waals surface area (Å²) in [7, 11) is 1.16. The minimum Gasteiger partial charge on any atom is -0.463 e. The van der Waals surface area contributed by atoms with Gasteiger partial charge in [-0.3, -0.25) is 9.59 Å². The van der Waals surface area contributed by atoms with Gasteiger partial charge in [0.15, 0.2) is 0 Å². The van der Waals surface area contributed by atoms with Crippen molar-refractivity contribution in [2.24, 2.45) is 0 Å². The van der Waals surface area contributed by atoms with Gasteiger partial charge in [-0.25, -0.2) is 4.79 Å². The number of ether oxygens (including phenoxy) is 1. The van der Waals surface area contributed by atoms with Crippen molar-refractivity contribution in [1.82, 2.24) is 5.32 Å². The Kier molecular flexibility index (Phi) is 5.73. The predicted octanol–water partition coefficient (Wildman–Crippen LogP) is 0.866. The van der Waals surface area contributed by atoms with Crippen molar-refractivity contribution < 1.29 is 19.1 Å². The van der Waals surface area contributed by atoms with E-state index in [0.29, 0.717) is 6.42 Å². The maximum absolute atomic E-state index is 11.5. The normalized spacial score (nSPS) is 11.5. The zero-order chi connectivity index (χ0) is 14.3. The van der Waals surface area contributed by atoms with E-state index in [1.165, 1.54) is 6.92 Å². The van der Waals surface area contributed by atoms with Crippen molar-refractivity contribution in [3.63, 3.8) is 0 Å². The molecule has 0 aliphatic carbocycles. The topological polar surface area (TPSA) is 72.5 Å². The molecular weight excluding hydrogens is 246 g/mol. The van der Waals surface area contributed by atoms with Gasteiger partial charge in [0.1, 0.15) is 0 Å². The van der Waals surface area contributed by atoms with Crippen LogP contribution in [0.15, 0.2) is 30.3 Å². The molecule has 0 aliphatic rings. The number of carbonyl (C=O) groups is 3. The van der Waals surface area contributed by atoms with Crippen LogP contribution in [0.2, 0.25) is 0 Å². The molecular formula is C14H17NO4. The molecule has 0 fully saturated rings. The van der Waals surface area contributed by atoms with E-state index in [4.69, 9.17) is 0 Å². The van der Waals surface area contributed by atoms with Crippen LogP contribution in [-0.4, -0.2) is 30.8 Å². The molecule has 0 spiro atoms. The smallest absolute Gasteiger partial charge is 0.374 e. The highest BCUT2D eigenvalue weighted by molar-refractivity contribution is 6.33. The van der Waals surface area contributed by atoms with Gasteiger partial charge < -0.3 is 10.1 Å². The van der Waals surface area contributed by atoms with Crippen LogP contribution < -0.4 is 5.32 Å². The summed E-state index contributed by atoms with van der Waals surface area (Å²) >= 11 is 0. The highest BCUT2D eigenvalue weighted by atomic mass is 16.5. The Hall–Kier alpha value is -2.17. The van der Waals surface area contributed by atoms with Gasteiger partial charge >= 0.3 is 5.97 Å². The van der Waals surface area contributed by atoms with Crippen LogP contribution in [0.5, 0.6) is 0 Å². The van der Waals surface area contributed by atoms with Gasteiger partial charge in [-0.05, 0) is 12.0 Å². The summed E-state index contributed by atoms with van der Waals surface area (Å²) in [5, 5.41) is 2.67. The summed E-state index contributed by atoms with van der Waals surface area (Å²) in [6.07, 6.45) is 0.421. The number of amides is 1. The summed E-state index contributed by atoms with van der Waals surface area (Å²) in [6.45, 7) is 1.38. The van der Waals surface area contributed by atoms with Gasteiger partial charge in [0.25, 0.3) is 0 Å². The molecule has 5 heteroatoms. The van der Waals surface area contributed by atoms with Gasteiger partial charge in [-0.2, -0.15) is 0 Å². The van der Waals surface area contributed by atoms with E-state index in [-0.39, 0.29) is 12.3 Å². The van der Waals surface area contributed by atoms with Gasteiger partial charge in [-0.15, -0.1) is 0 Å². The number of benzene rings is 1. The molecule has 0 bridgehead atoms. The number of rotatable bonds is 6. The van der Waals surface area contributed by atoms with Crippen molar-refractivity contribution in [3.05, 3.63) is 35.9 Å². The third kappa shape index (κ3) is 5.33. The molecule has 19 heavy (non-hydrogen) atoms. The molecule has 5 nitrogen and oxygen atoms in total. The summed E-state index contributed by atoms with van der Waals surface area (Å²) in [6, 6.07) is 9.03. The molecule has 0 unspecified atom stereocenters. The van der Waals surface area contributed by atoms with Gasteiger partial charge in [0.2, 0.25) is 11.7 Å². The maximum Gasteiger partial charge on any atom is 0.374 e. The Morgan fingerprint density at radius 2 is 1.84 bits per heavy atom. The zero-order valence-corrected chi connectivity index (χ0v) is 11.0. The SMILES string of the molecule is COC(=O)C(=O)C[C@@H](Cc1ccccc1)NC(C)=O. The molecule has 1 aromatic rings. The van der Waals surface area contributed by atoms with Crippen LogP contribution in [-0.2, 0) is 25.5 Å². The first kappa shape index (κ1) is 14.9. The van der Waals surface area contributed by atoms with Crippen molar-refractivity contribution in [3.8, 4) is 0 Å². The second kappa shape index (κ2) is 7.31. The fraction of sp³-hybridized carbons (Fsp3) is 0.357. The lowest BCUT2D eigenvalue weighted by Crippen LogP contribution is -2.38. The first-order valence-corrected chi connectivity index (χ1v) is 5.95. The summed E-state index contributed by atoms with van der Waals surface area (Å²) in [5.74, 6) is -1.76. The van der Waals surface area contributed by atoms with Crippen molar-refractivity contribution in [2.45, 2.75) is 25.8 Å². The molecule has 0 heterocycles. The average Bonchev–Trinajstić information content (AvgIpc) is 2.38. The van der Waals surface area contributed by atoms with E-state index in [0.717, 1.165) is 12.7 Å². The van der Waals surface area contributed by atoms with Crippen LogP contribution in [0.1, 0.15) is 18.9 Å². The lowest BCUT2D eigenvalue weighted by atomic mass is 10.0. The number of nitrogens with one attached hydrogen (secondary N) is 1. The molecule has 0 saturated carbocycles. The monoisotopic (exact) mass is 263 g/mol. The van der Waals surface area contributed by atoms with Crippen LogP contribution in [0.25, 0.3) is 0 Å². The number of hydrogen-bond donors (Lipinski definition) is 1. The molecule has 1 atom stereocenters. The first-order valence-electron chi connectivity index (χ1n) is 5.95. The van der Waals surface area contributed by atoms with Crippen LogP contribution >= 0.6 is 0 Å². The zero-order valence-electron chi connectivity index (χ0n) is 11.0. The minimum atomic E-state index is -0.886. The summed E-state index contributed by atoms with van der Waals surface area (Å²) in [4.78, 5) is 33.8. The Balaban J connectivity index is 2.69. The lowest BCUT2D eigenvalue weighted by Gasteiger charge is -2.16. The average molecular weight is 263 g/mol. The van der Waals surface area contributed by atoms with E-state index in [9.17, 15) is 14.4 Å². The number of methoxy groups -OCH3 is 1. The second-order valence-corrected chi connectivity index (χ2v) is 4.21. The van der Waals surface area contributed by atoms with Crippen molar-refractivity contribution in [1.29, 1.82) is 0 Å². The minimum absolute atomic E-state index is 0.0683. The molecule has 1 aromatic carbocycles. The highest BCUT2D eigenvalue weighted by Crippen LogP contribution is 2.07. The Morgan fingerprint density at radius 1 is 1.21 bits per heavy atom. The maximum atomic E-state index is 11.5. The molecule has 0 radical (unpaired) electrons. The van der Waals surface area contributed by atoms with Crippen molar-refractivity contribution in [2.75, 3.05) is 7.11 Å². The standard InChI is InChI=1S/C14H17NO4/c1-10(16)15-12(9-13(17)14(18)19-2)8-11-6-4-3-5-7-11/h3-7,12H,8-9H2,1-2H3,(H,15,16)/t12-/m1/s1. The van der Waals surface area contributed by atoms with E-state index in [1.54, 1.807) is 0 Å². The van der Waals surface area contributed by atoms with Crippen LogP contribution in [0, 0.1) is 0 Å². The number of esters is 1. The largest absolute Gasteiger partial charge is 0.463 e. The molecule has 0 aliphatic heterocycles. The number of ketones is 1. The van der Waals surface area contributed by atoms with Gasteiger partial charge in [-0.1, -0.05) is 30.3 Å². The molecule has 1 amide bonds. The first-order chi connectivity index (χ1) is 9.02. The van der Waals surface area contributed by atoms with Crippen molar-refractivity contribution >= 4 is 17.7 Å². The Labute approximate surface area is 111 Å². The lowest BCUT2D eigenvalue weighted by molar-refractivity contribution is -0.152. The third-order valence-electron chi connectivity index (χ3n) is 2.58. The van der Waals surface area contributed by atoms with E-state index < -0.39 is 17.8 Å². The van der Waals surface area contributed by atoms with Gasteiger partial charge in [0, 0.05) is 19.4 Å². The number of carbonyl (C=O) groups excluding carboxylic acids is 3. The fourth-order valence-electron chi connectivity index (χ4n) is 1.78. The molecule has 0 aromatic heterocycles. The third-order valence-corrected chi connectivity index (χ3v) is 2.58. The van der Waals surface area contributed by atoms with E-state index >= 15 is 0 Å². The summed E-state index contributed by atoms with van der Waals surface area (Å²) in [5.41, 5.74) is 0.985. The van der Waals surface area contributed by atoms with Crippen LogP contribution in [0.4, 0.5) is 0 Å². The molecule has 102 valence electrons.